The first-order valence-electron chi connectivity index (χ1n) is 7.43. The van der Waals surface area contributed by atoms with E-state index in [1.54, 1.807) is 20.8 Å². The molecule has 0 spiro atoms. The second kappa shape index (κ2) is 9.27. The van der Waals surface area contributed by atoms with Crippen molar-refractivity contribution < 1.29 is 18.7 Å². The molecule has 7 heteroatoms. The van der Waals surface area contributed by atoms with Crippen molar-refractivity contribution in [1.29, 1.82) is 0 Å². The highest BCUT2D eigenvalue weighted by atomic mass is 79.9. The fourth-order valence-corrected chi connectivity index (χ4v) is 3.27. The van der Waals surface area contributed by atoms with Crippen LogP contribution in [0.5, 0.6) is 0 Å². The van der Waals surface area contributed by atoms with Gasteiger partial charge in [-0.05, 0) is 41.4 Å². The number of halogens is 2. The first-order valence-corrected chi connectivity index (χ1v) is 9.10. The summed E-state index contributed by atoms with van der Waals surface area (Å²) in [4.78, 5) is 24.3. The Labute approximate surface area is 148 Å². The van der Waals surface area contributed by atoms with E-state index in [1.165, 1.54) is 23.9 Å². The predicted octanol–water partition coefficient (Wildman–Crippen LogP) is 4.62. The van der Waals surface area contributed by atoms with Crippen molar-refractivity contribution in [2.24, 2.45) is 5.92 Å². The standard InChI is InChI=1S/C16H21BrFNO3S/c1-5-13(16(21)22-6-2)23-14-8-12(11(18)7-10(14)17)19-15(20)9(3)4/h7-9,13H,5-6H2,1-4H3,(H,19,20). The average Bonchev–Trinajstić information content (AvgIpc) is 2.48. The number of carbonyl (C=O) groups is 2. The summed E-state index contributed by atoms with van der Waals surface area (Å²) in [5.74, 6) is -1.35. The van der Waals surface area contributed by atoms with E-state index in [0.717, 1.165) is 0 Å². The first-order chi connectivity index (χ1) is 10.8. The number of hydrogen-bond acceptors (Lipinski definition) is 4. The Morgan fingerprint density at radius 3 is 2.52 bits per heavy atom. The van der Waals surface area contributed by atoms with E-state index in [0.29, 0.717) is 22.4 Å². The molecule has 1 aromatic carbocycles. The Morgan fingerprint density at radius 1 is 1.35 bits per heavy atom. The monoisotopic (exact) mass is 405 g/mol. The number of esters is 1. The third-order valence-electron chi connectivity index (χ3n) is 2.99. The highest BCUT2D eigenvalue weighted by Crippen LogP contribution is 2.36. The molecule has 0 aliphatic heterocycles. The SMILES string of the molecule is CCOC(=O)C(CC)Sc1cc(NC(=O)C(C)C)c(F)cc1Br. The minimum atomic E-state index is -0.528. The van der Waals surface area contributed by atoms with Crippen molar-refractivity contribution in [1.82, 2.24) is 0 Å². The molecule has 0 aromatic heterocycles. The number of amides is 1. The second-order valence-electron chi connectivity index (χ2n) is 5.17. The van der Waals surface area contributed by atoms with E-state index in [-0.39, 0.29) is 28.7 Å². The molecule has 1 unspecified atom stereocenters. The van der Waals surface area contributed by atoms with Gasteiger partial charge in [0.1, 0.15) is 11.1 Å². The maximum atomic E-state index is 14.0. The number of thioether (sulfide) groups is 1. The number of anilines is 1. The third-order valence-corrected chi connectivity index (χ3v) is 5.31. The van der Waals surface area contributed by atoms with Crippen LogP contribution in [-0.4, -0.2) is 23.7 Å². The largest absolute Gasteiger partial charge is 0.465 e. The number of benzene rings is 1. The van der Waals surface area contributed by atoms with Gasteiger partial charge < -0.3 is 10.1 Å². The van der Waals surface area contributed by atoms with Crippen molar-refractivity contribution in [3.8, 4) is 0 Å². The lowest BCUT2D eigenvalue weighted by Crippen LogP contribution is -2.20. The van der Waals surface area contributed by atoms with Crippen molar-refractivity contribution in [2.45, 2.75) is 44.3 Å². The average molecular weight is 406 g/mol. The van der Waals surface area contributed by atoms with E-state index in [4.69, 9.17) is 4.74 Å². The Morgan fingerprint density at radius 2 is 2.00 bits per heavy atom. The molecule has 0 fully saturated rings. The van der Waals surface area contributed by atoms with Gasteiger partial charge in [0.25, 0.3) is 0 Å². The van der Waals surface area contributed by atoms with Gasteiger partial charge in [0.05, 0.1) is 12.3 Å². The highest BCUT2D eigenvalue weighted by Gasteiger charge is 2.22. The Balaban J connectivity index is 3.02. The Kier molecular flexibility index (Phi) is 8.05. The van der Waals surface area contributed by atoms with Crippen LogP contribution in [0.25, 0.3) is 0 Å². The normalized spacial score (nSPS) is 12.1. The van der Waals surface area contributed by atoms with E-state index in [9.17, 15) is 14.0 Å². The summed E-state index contributed by atoms with van der Waals surface area (Å²) in [6.07, 6.45) is 0.584. The first kappa shape index (κ1) is 20.0. The van der Waals surface area contributed by atoms with Crippen molar-refractivity contribution >= 4 is 45.3 Å². The highest BCUT2D eigenvalue weighted by molar-refractivity contribution is 9.10. The Bertz CT molecular complexity index is 581. The quantitative estimate of drug-likeness (QED) is 0.531. The molecule has 23 heavy (non-hydrogen) atoms. The third kappa shape index (κ3) is 5.80. The van der Waals surface area contributed by atoms with Crippen LogP contribution in [0.1, 0.15) is 34.1 Å². The zero-order valence-electron chi connectivity index (χ0n) is 13.6. The lowest BCUT2D eigenvalue weighted by atomic mass is 10.2. The van der Waals surface area contributed by atoms with Gasteiger partial charge in [0.15, 0.2) is 0 Å². The predicted molar refractivity (Wildman–Crippen MR) is 94.1 cm³/mol. The van der Waals surface area contributed by atoms with Crippen LogP contribution in [0.15, 0.2) is 21.5 Å². The summed E-state index contributed by atoms with van der Waals surface area (Å²) < 4.78 is 19.6. The van der Waals surface area contributed by atoms with E-state index < -0.39 is 5.82 Å². The van der Waals surface area contributed by atoms with E-state index in [2.05, 4.69) is 21.2 Å². The molecule has 1 N–H and O–H groups in total. The van der Waals surface area contributed by atoms with Gasteiger partial charge in [-0.15, -0.1) is 11.8 Å². The summed E-state index contributed by atoms with van der Waals surface area (Å²) in [7, 11) is 0. The molecule has 4 nitrogen and oxygen atoms in total. The maximum Gasteiger partial charge on any atom is 0.319 e. The molecule has 1 aromatic rings. The van der Waals surface area contributed by atoms with Crippen LogP contribution in [-0.2, 0) is 14.3 Å². The van der Waals surface area contributed by atoms with Gasteiger partial charge in [-0.2, -0.15) is 0 Å². The number of carbonyl (C=O) groups excluding carboxylic acids is 2. The number of nitrogens with one attached hydrogen (secondary N) is 1. The van der Waals surface area contributed by atoms with Crippen LogP contribution in [0.2, 0.25) is 0 Å². The lowest BCUT2D eigenvalue weighted by Gasteiger charge is -2.16. The molecule has 0 bridgehead atoms. The summed E-state index contributed by atoms with van der Waals surface area (Å²) >= 11 is 4.58. The zero-order valence-corrected chi connectivity index (χ0v) is 16.0. The topological polar surface area (TPSA) is 55.4 Å². The van der Waals surface area contributed by atoms with E-state index in [1.807, 2.05) is 6.92 Å². The van der Waals surface area contributed by atoms with Gasteiger partial charge in [0, 0.05) is 15.3 Å². The maximum absolute atomic E-state index is 14.0. The molecular weight excluding hydrogens is 385 g/mol. The smallest absolute Gasteiger partial charge is 0.319 e. The Hall–Kier alpha value is -1.08. The fourth-order valence-electron chi connectivity index (χ4n) is 1.68. The number of ether oxygens (including phenoxy) is 1. The summed E-state index contributed by atoms with van der Waals surface area (Å²) in [6.45, 7) is 7.41. The molecule has 1 atom stereocenters. The zero-order chi connectivity index (χ0) is 17.6. The lowest BCUT2D eigenvalue weighted by molar-refractivity contribution is -0.142. The molecule has 0 saturated carbocycles. The van der Waals surface area contributed by atoms with Crippen LogP contribution < -0.4 is 5.32 Å². The summed E-state index contributed by atoms with van der Waals surface area (Å²) in [5.41, 5.74) is 0.105. The molecule has 1 amide bonds. The van der Waals surface area contributed by atoms with Crippen molar-refractivity contribution in [2.75, 3.05) is 11.9 Å². The van der Waals surface area contributed by atoms with E-state index >= 15 is 0 Å². The minimum absolute atomic E-state index is 0.105. The number of rotatable bonds is 7. The van der Waals surface area contributed by atoms with Crippen LogP contribution >= 0.6 is 27.7 Å². The minimum Gasteiger partial charge on any atom is -0.465 e. The van der Waals surface area contributed by atoms with Crippen molar-refractivity contribution in [3.05, 3.63) is 22.4 Å². The molecule has 128 valence electrons. The molecular formula is C16H21BrFNO3S. The van der Waals surface area contributed by atoms with Crippen LogP contribution in [0.4, 0.5) is 10.1 Å². The van der Waals surface area contributed by atoms with Gasteiger partial charge in [-0.25, -0.2) is 4.39 Å². The van der Waals surface area contributed by atoms with Crippen LogP contribution in [0, 0.1) is 11.7 Å². The van der Waals surface area contributed by atoms with Gasteiger partial charge >= 0.3 is 5.97 Å². The van der Waals surface area contributed by atoms with Crippen LogP contribution in [0.3, 0.4) is 0 Å². The molecule has 1 rings (SSSR count). The van der Waals surface area contributed by atoms with Gasteiger partial charge in [-0.3, -0.25) is 9.59 Å². The molecule has 0 aliphatic rings. The molecule has 0 heterocycles. The summed E-state index contributed by atoms with van der Waals surface area (Å²) in [5, 5.41) is 2.17. The molecule has 0 saturated heterocycles. The van der Waals surface area contributed by atoms with Gasteiger partial charge in [0.2, 0.25) is 5.91 Å². The number of hydrogen-bond donors (Lipinski definition) is 1. The summed E-state index contributed by atoms with van der Waals surface area (Å²) in [6, 6.07) is 2.82. The fraction of sp³-hybridized carbons (Fsp3) is 0.500. The molecule has 0 radical (unpaired) electrons. The van der Waals surface area contributed by atoms with Crippen molar-refractivity contribution in [3.63, 3.8) is 0 Å². The molecule has 0 aliphatic carbocycles. The van der Waals surface area contributed by atoms with Gasteiger partial charge in [-0.1, -0.05) is 20.8 Å². The second-order valence-corrected chi connectivity index (χ2v) is 7.27.